The van der Waals surface area contributed by atoms with Crippen molar-refractivity contribution in [2.24, 2.45) is 7.05 Å². The van der Waals surface area contributed by atoms with Crippen molar-refractivity contribution in [1.29, 1.82) is 0 Å². The molecule has 0 aromatic carbocycles. The van der Waals surface area contributed by atoms with Gasteiger partial charge >= 0.3 is 5.97 Å². The molecular weight excluding hydrogens is 254 g/mol. The molecule has 0 atom stereocenters. The quantitative estimate of drug-likeness (QED) is 0.890. The molecule has 0 fully saturated rings. The van der Waals surface area contributed by atoms with Crippen molar-refractivity contribution < 1.29 is 9.90 Å². The maximum atomic E-state index is 11.7. The van der Waals surface area contributed by atoms with Gasteiger partial charge in [-0.05, 0) is 23.9 Å². The van der Waals surface area contributed by atoms with Gasteiger partial charge in [-0.15, -0.1) is 0 Å². The Bertz CT molecular complexity index is 654. The van der Waals surface area contributed by atoms with E-state index in [9.17, 15) is 9.59 Å². The Kier molecular flexibility index (Phi) is 3.42. The molecule has 0 spiro atoms. The highest BCUT2D eigenvalue weighted by Crippen LogP contribution is 2.21. The molecule has 18 heavy (non-hydrogen) atoms. The molecule has 2 rings (SSSR count). The zero-order valence-electron chi connectivity index (χ0n) is 9.40. The van der Waals surface area contributed by atoms with Gasteiger partial charge in [0.25, 0.3) is 5.56 Å². The molecular formula is C11H9N3O3S. The second-order valence-corrected chi connectivity index (χ2v) is 4.45. The van der Waals surface area contributed by atoms with Gasteiger partial charge in [-0.2, -0.15) is 0 Å². The molecule has 0 bridgehead atoms. The minimum absolute atomic E-state index is 0.125. The molecule has 0 aliphatic heterocycles. The summed E-state index contributed by atoms with van der Waals surface area (Å²) in [6.07, 6.45) is 4.44. The van der Waals surface area contributed by atoms with Crippen LogP contribution in [0.3, 0.4) is 0 Å². The van der Waals surface area contributed by atoms with E-state index >= 15 is 0 Å². The third-order valence-electron chi connectivity index (χ3n) is 2.17. The summed E-state index contributed by atoms with van der Waals surface area (Å²) >= 11 is 1.04. The van der Waals surface area contributed by atoms with Crippen molar-refractivity contribution in [3.8, 4) is 0 Å². The van der Waals surface area contributed by atoms with Gasteiger partial charge in [0.15, 0.2) is 5.03 Å². The van der Waals surface area contributed by atoms with Crippen LogP contribution in [-0.4, -0.2) is 25.6 Å². The van der Waals surface area contributed by atoms with E-state index in [1.54, 1.807) is 13.2 Å². The number of carboxylic acids is 1. The molecule has 1 N–H and O–H groups in total. The van der Waals surface area contributed by atoms with E-state index in [1.807, 2.05) is 0 Å². The zero-order valence-corrected chi connectivity index (χ0v) is 10.2. The molecule has 2 heterocycles. The van der Waals surface area contributed by atoms with Crippen LogP contribution in [-0.2, 0) is 7.05 Å². The van der Waals surface area contributed by atoms with Crippen LogP contribution in [0.1, 0.15) is 10.4 Å². The molecule has 7 heteroatoms. The Hall–Kier alpha value is -2.15. The first-order valence-corrected chi connectivity index (χ1v) is 5.78. The predicted molar refractivity (Wildman–Crippen MR) is 64.8 cm³/mol. The van der Waals surface area contributed by atoms with Crippen LogP contribution >= 0.6 is 11.8 Å². The first-order chi connectivity index (χ1) is 8.58. The molecule has 0 radical (unpaired) electrons. The van der Waals surface area contributed by atoms with Gasteiger partial charge in [-0.25, -0.2) is 14.8 Å². The first-order valence-electron chi connectivity index (χ1n) is 4.97. The average molecular weight is 263 g/mol. The van der Waals surface area contributed by atoms with E-state index in [1.165, 1.54) is 29.1 Å². The fourth-order valence-corrected chi connectivity index (χ4v) is 2.08. The van der Waals surface area contributed by atoms with Crippen LogP contribution in [0.2, 0.25) is 0 Å². The van der Waals surface area contributed by atoms with E-state index < -0.39 is 5.97 Å². The standard InChI is InChI=1S/C11H9N3O3S/c1-14-5-4-13-9(10(14)15)18-8-6-7(11(16)17)2-3-12-8/h2-6H,1H3,(H,16,17). The van der Waals surface area contributed by atoms with Crippen molar-refractivity contribution in [2.75, 3.05) is 0 Å². The van der Waals surface area contributed by atoms with Crippen molar-refractivity contribution in [1.82, 2.24) is 14.5 Å². The number of hydrogen-bond acceptors (Lipinski definition) is 5. The van der Waals surface area contributed by atoms with Gasteiger partial charge in [-0.3, -0.25) is 4.79 Å². The van der Waals surface area contributed by atoms with Gasteiger partial charge < -0.3 is 9.67 Å². The van der Waals surface area contributed by atoms with E-state index in [0.717, 1.165) is 11.8 Å². The fraction of sp³-hybridized carbons (Fsp3) is 0.0909. The SMILES string of the molecule is Cn1ccnc(Sc2cc(C(=O)O)ccn2)c1=O. The molecule has 0 saturated heterocycles. The lowest BCUT2D eigenvalue weighted by atomic mass is 10.3. The Morgan fingerprint density at radius 3 is 2.89 bits per heavy atom. The summed E-state index contributed by atoms with van der Waals surface area (Å²) < 4.78 is 1.40. The summed E-state index contributed by atoms with van der Waals surface area (Å²) in [5.41, 5.74) is -0.120. The van der Waals surface area contributed by atoms with E-state index in [4.69, 9.17) is 5.11 Å². The summed E-state index contributed by atoms with van der Waals surface area (Å²) in [6.45, 7) is 0. The Labute approximate surface area is 106 Å². The highest BCUT2D eigenvalue weighted by molar-refractivity contribution is 7.99. The van der Waals surface area contributed by atoms with Gasteiger partial charge in [0, 0.05) is 25.6 Å². The van der Waals surface area contributed by atoms with Crippen molar-refractivity contribution in [2.45, 2.75) is 10.1 Å². The number of aromatic carboxylic acids is 1. The van der Waals surface area contributed by atoms with E-state index in [2.05, 4.69) is 9.97 Å². The second kappa shape index (κ2) is 5.01. The van der Waals surface area contributed by atoms with Crippen molar-refractivity contribution >= 4 is 17.7 Å². The topological polar surface area (TPSA) is 85.1 Å². The molecule has 0 amide bonds. The number of rotatable bonds is 3. The number of carboxylic acid groups (broad SMARTS) is 1. The molecule has 6 nitrogen and oxygen atoms in total. The third-order valence-corrected chi connectivity index (χ3v) is 3.07. The normalized spacial score (nSPS) is 10.3. The monoisotopic (exact) mass is 263 g/mol. The largest absolute Gasteiger partial charge is 0.478 e. The van der Waals surface area contributed by atoms with Gasteiger partial charge in [0.05, 0.1) is 5.56 Å². The molecule has 2 aromatic rings. The van der Waals surface area contributed by atoms with E-state index in [-0.39, 0.29) is 16.1 Å². The van der Waals surface area contributed by atoms with Crippen molar-refractivity contribution in [3.63, 3.8) is 0 Å². The molecule has 92 valence electrons. The Morgan fingerprint density at radius 2 is 2.17 bits per heavy atom. The predicted octanol–water partition coefficient (Wildman–Crippen LogP) is 1.02. The van der Waals surface area contributed by atoms with Crippen LogP contribution in [0, 0.1) is 0 Å². The lowest BCUT2D eigenvalue weighted by Gasteiger charge is -2.02. The van der Waals surface area contributed by atoms with Crippen LogP contribution in [0.4, 0.5) is 0 Å². The Balaban J connectivity index is 2.34. The number of aryl methyl sites for hydroxylation is 1. The molecule has 0 unspecified atom stereocenters. The lowest BCUT2D eigenvalue weighted by molar-refractivity contribution is 0.0696. The molecule has 0 aliphatic carbocycles. The number of carbonyl (C=O) groups is 1. The zero-order chi connectivity index (χ0) is 13.1. The van der Waals surface area contributed by atoms with Crippen LogP contribution < -0.4 is 5.56 Å². The number of hydrogen-bond donors (Lipinski definition) is 1. The summed E-state index contributed by atoms with van der Waals surface area (Å²) in [5.74, 6) is -1.03. The molecule has 0 aliphatic rings. The molecule has 2 aromatic heterocycles. The summed E-state index contributed by atoms with van der Waals surface area (Å²) in [6, 6.07) is 2.80. The average Bonchev–Trinajstić information content (AvgIpc) is 2.35. The smallest absolute Gasteiger partial charge is 0.335 e. The fourth-order valence-electron chi connectivity index (χ4n) is 1.24. The lowest BCUT2D eigenvalue weighted by Crippen LogP contribution is -2.18. The minimum atomic E-state index is -1.03. The summed E-state index contributed by atoms with van der Waals surface area (Å²) in [7, 11) is 1.62. The van der Waals surface area contributed by atoms with Gasteiger partial charge in [0.1, 0.15) is 5.03 Å². The summed E-state index contributed by atoms with van der Waals surface area (Å²) in [5, 5.41) is 9.54. The minimum Gasteiger partial charge on any atom is -0.478 e. The Morgan fingerprint density at radius 1 is 1.39 bits per heavy atom. The summed E-state index contributed by atoms with van der Waals surface area (Å²) in [4.78, 5) is 30.5. The van der Waals surface area contributed by atoms with Crippen LogP contribution in [0.15, 0.2) is 45.6 Å². The van der Waals surface area contributed by atoms with Crippen LogP contribution in [0.25, 0.3) is 0 Å². The number of nitrogens with zero attached hydrogens (tertiary/aromatic N) is 3. The van der Waals surface area contributed by atoms with Crippen LogP contribution in [0.5, 0.6) is 0 Å². The second-order valence-electron chi connectivity index (χ2n) is 3.44. The number of aromatic nitrogens is 3. The first kappa shape index (κ1) is 12.3. The van der Waals surface area contributed by atoms with Crippen molar-refractivity contribution in [3.05, 3.63) is 46.6 Å². The highest BCUT2D eigenvalue weighted by Gasteiger charge is 2.09. The molecule has 0 saturated carbocycles. The number of pyridine rings is 1. The highest BCUT2D eigenvalue weighted by atomic mass is 32.2. The van der Waals surface area contributed by atoms with E-state index in [0.29, 0.717) is 5.03 Å². The maximum Gasteiger partial charge on any atom is 0.335 e. The van der Waals surface area contributed by atoms with Gasteiger partial charge in [-0.1, -0.05) is 0 Å². The maximum absolute atomic E-state index is 11.7. The van der Waals surface area contributed by atoms with Gasteiger partial charge in [0.2, 0.25) is 0 Å². The third kappa shape index (κ3) is 2.57.